The summed E-state index contributed by atoms with van der Waals surface area (Å²) in [5, 5.41) is 0. The van der Waals surface area contributed by atoms with Gasteiger partial charge in [-0.2, -0.15) is 0 Å². The molecular weight excluding hydrogens is 516 g/mol. The van der Waals surface area contributed by atoms with Gasteiger partial charge in [0.2, 0.25) is 0 Å². The third-order valence-corrected chi connectivity index (χ3v) is 24.7. The molecule has 0 aromatic rings. The van der Waals surface area contributed by atoms with Crippen LogP contribution in [0.1, 0.15) is 165 Å². The van der Waals surface area contributed by atoms with Gasteiger partial charge in [-0.3, -0.25) is 0 Å². The maximum atomic E-state index is 2.81. The van der Waals surface area contributed by atoms with E-state index in [0.717, 1.165) is 35.5 Å². The van der Waals surface area contributed by atoms with Gasteiger partial charge in [0, 0.05) is 0 Å². The van der Waals surface area contributed by atoms with Gasteiger partial charge in [0.1, 0.15) is 0 Å². The topological polar surface area (TPSA) is 0 Å². The van der Waals surface area contributed by atoms with Gasteiger partial charge in [-0.1, -0.05) is 159 Å². The minimum atomic E-state index is 0.358. The molecule has 0 aromatic carbocycles. The monoisotopic (exact) mass is 593 g/mol. The van der Waals surface area contributed by atoms with Gasteiger partial charge in [0.05, 0.1) is 0 Å². The van der Waals surface area contributed by atoms with Crippen molar-refractivity contribution < 1.29 is 0 Å². The molecule has 17 atom stereocenters. The molecule has 0 saturated heterocycles. The fraction of sp³-hybridized carbons (Fsp3) is 1.00. The van der Waals surface area contributed by atoms with E-state index < -0.39 is 0 Å². The Bertz CT molecular complexity index is 1290. The first-order valence-electron chi connectivity index (χ1n) is 19.0. The van der Waals surface area contributed by atoms with Crippen molar-refractivity contribution in [1.82, 2.24) is 0 Å². The highest BCUT2D eigenvalue weighted by Crippen LogP contribution is 3.07. The maximum absolute atomic E-state index is 2.81. The zero-order valence-electron chi connectivity index (χ0n) is 33.4. The molecule has 6 aliphatic carbocycles. The second-order valence-corrected chi connectivity index (χ2v) is 21.6. The molecule has 6 aliphatic rings. The highest BCUT2D eigenvalue weighted by Gasteiger charge is 3.03. The van der Waals surface area contributed by atoms with E-state index in [1.165, 1.54) is 12.8 Å². The van der Waals surface area contributed by atoms with E-state index in [1.54, 1.807) is 0 Å². The van der Waals surface area contributed by atoms with E-state index in [4.69, 9.17) is 0 Å². The lowest BCUT2D eigenvalue weighted by Gasteiger charge is -2.43. The van der Waals surface area contributed by atoms with E-state index in [9.17, 15) is 0 Å². The first-order valence-corrected chi connectivity index (χ1v) is 19.0. The third kappa shape index (κ3) is 2.22. The molecule has 0 amide bonds. The Labute approximate surface area is 270 Å². The van der Waals surface area contributed by atoms with Crippen molar-refractivity contribution in [1.29, 1.82) is 0 Å². The van der Waals surface area contributed by atoms with Crippen molar-refractivity contribution >= 4 is 0 Å². The van der Waals surface area contributed by atoms with E-state index in [0.29, 0.717) is 70.4 Å². The van der Waals surface area contributed by atoms with Crippen molar-refractivity contribution in [2.45, 2.75) is 165 Å². The van der Waals surface area contributed by atoms with Gasteiger partial charge in [-0.15, -0.1) is 0 Å². The first kappa shape index (κ1) is 32.9. The van der Waals surface area contributed by atoms with Gasteiger partial charge < -0.3 is 0 Å². The van der Waals surface area contributed by atoms with Crippen molar-refractivity contribution in [2.24, 2.45) is 106 Å². The van der Waals surface area contributed by atoms with Gasteiger partial charge in [0.15, 0.2) is 0 Å². The Balaban J connectivity index is 1.42. The molecule has 6 saturated carbocycles. The van der Waals surface area contributed by atoms with Crippen molar-refractivity contribution in [3.8, 4) is 0 Å². The average Bonchev–Trinajstić information content (AvgIpc) is 3.94. The third-order valence-electron chi connectivity index (χ3n) is 24.7. The molecular formula is C43H76. The van der Waals surface area contributed by atoms with Gasteiger partial charge in [-0.05, 0) is 112 Å². The smallest absolute Gasteiger partial charge is 0.0145 e. The summed E-state index contributed by atoms with van der Waals surface area (Å²) >= 11 is 0. The van der Waals surface area contributed by atoms with E-state index in [1.807, 2.05) is 0 Å². The highest BCUT2D eigenvalue weighted by atomic mass is 15.1. The highest BCUT2D eigenvalue weighted by molar-refractivity contribution is 5.49. The second kappa shape index (κ2) is 7.35. The number of hydrogen-bond donors (Lipinski definition) is 0. The van der Waals surface area contributed by atoms with Gasteiger partial charge >= 0.3 is 0 Å². The Morgan fingerprint density at radius 2 is 0.698 bits per heavy atom. The summed E-state index contributed by atoms with van der Waals surface area (Å²) in [6, 6.07) is 0. The Hall–Kier alpha value is 0. The fourth-order valence-electron chi connectivity index (χ4n) is 18.9. The van der Waals surface area contributed by atoms with Crippen LogP contribution in [0.4, 0.5) is 0 Å². The van der Waals surface area contributed by atoms with E-state index in [2.05, 4.69) is 152 Å². The minimum Gasteiger partial charge on any atom is -0.0649 e. The molecule has 0 bridgehead atoms. The molecule has 0 radical (unpaired) electrons. The molecule has 43 heavy (non-hydrogen) atoms. The SMILES string of the molecule is CCC(C)(C)[C@]1(C)[C@@H](C)[C@]1(C)[C@]1(CC)[C@@H](C)[C@]1(C)[C@]1(C)[C@@H](C)[C@]1(C)[C@]1(C)[C@@H](C)[C@]1(C)[C@]1(C)[C@@H](C)[C@]1(C)[C@]1(C)[C@@H](C)C1(C)C. The zero-order chi connectivity index (χ0) is 33.4. The molecule has 6 rings (SSSR count). The van der Waals surface area contributed by atoms with Crippen LogP contribution in [0.15, 0.2) is 0 Å². The average molecular weight is 593 g/mol. The predicted octanol–water partition coefficient (Wildman–Crippen LogP) is 12.8. The summed E-state index contributed by atoms with van der Waals surface area (Å²) in [6.07, 6.45) is 2.61. The van der Waals surface area contributed by atoms with E-state index in [-0.39, 0.29) is 0 Å². The number of rotatable bonds is 8. The quantitative estimate of drug-likeness (QED) is 0.263. The summed E-state index contributed by atoms with van der Waals surface area (Å²) < 4.78 is 0. The van der Waals surface area contributed by atoms with Crippen LogP contribution < -0.4 is 0 Å². The fourth-order valence-corrected chi connectivity index (χ4v) is 18.9. The van der Waals surface area contributed by atoms with E-state index >= 15 is 0 Å². The molecule has 248 valence electrons. The Kier molecular flexibility index (Phi) is 5.63. The largest absolute Gasteiger partial charge is 0.0649 e. The Morgan fingerprint density at radius 1 is 0.395 bits per heavy atom. The standard InChI is InChI=1S/C43H76/c1-23-31(9,10)33(13)26(4)41(33,21)43(24-2)30(8)42(43,22)40(20)29(7)39(40,19)38(18)28(6)37(38,17)36(16)27(5)35(36,15)34(14)25(3)32(34,11)12/h25-30H,23-24H2,1-22H3/t25-,26+,27-,28-,29-,30-,33-,34+,35+,36+,37+,38+,39+,40+,41-,42+,43-/m0/s1. The van der Waals surface area contributed by atoms with Crippen molar-refractivity contribution in [3.05, 3.63) is 0 Å². The minimum absolute atomic E-state index is 0.358. The molecule has 0 aromatic heterocycles. The predicted molar refractivity (Wildman–Crippen MR) is 187 cm³/mol. The summed E-state index contributed by atoms with van der Waals surface area (Å²) in [7, 11) is 0. The lowest BCUT2D eigenvalue weighted by Crippen LogP contribution is -2.38. The van der Waals surface area contributed by atoms with Crippen LogP contribution in [0.2, 0.25) is 0 Å². The van der Waals surface area contributed by atoms with Crippen LogP contribution in [0.5, 0.6) is 0 Å². The van der Waals surface area contributed by atoms with Gasteiger partial charge in [-0.25, -0.2) is 0 Å². The Morgan fingerprint density at radius 3 is 0.977 bits per heavy atom. The van der Waals surface area contributed by atoms with Crippen molar-refractivity contribution in [3.63, 3.8) is 0 Å². The van der Waals surface area contributed by atoms with Crippen LogP contribution >= 0.6 is 0 Å². The molecule has 0 aliphatic heterocycles. The molecule has 0 nitrogen and oxygen atoms in total. The second-order valence-electron chi connectivity index (χ2n) is 21.6. The summed E-state index contributed by atoms with van der Waals surface area (Å²) in [5.41, 5.74) is 5.06. The zero-order valence-corrected chi connectivity index (χ0v) is 33.4. The van der Waals surface area contributed by atoms with Crippen LogP contribution in [0, 0.1) is 106 Å². The molecule has 0 N–H and O–H groups in total. The van der Waals surface area contributed by atoms with Crippen LogP contribution in [0.3, 0.4) is 0 Å². The first-order chi connectivity index (χ1) is 19.0. The van der Waals surface area contributed by atoms with Crippen LogP contribution in [-0.2, 0) is 0 Å². The lowest BCUT2D eigenvalue weighted by atomic mass is 9.60. The molecule has 0 spiro atoms. The molecule has 0 unspecified atom stereocenters. The lowest BCUT2D eigenvalue weighted by molar-refractivity contribution is 0.0384. The summed E-state index contributed by atoms with van der Waals surface area (Å²) in [5.74, 6) is 4.66. The van der Waals surface area contributed by atoms with Crippen LogP contribution in [-0.4, -0.2) is 0 Å². The molecule has 0 heterocycles. The normalized spacial score (nSPS) is 69.6. The summed E-state index contributed by atoms with van der Waals surface area (Å²) in [6.45, 7) is 58.9. The summed E-state index contributed by atoms with van der Waals surface area (Å²) in [4.78, 5) is 0. The van der Waals surface area contributed by atoms with Gasteiger partial charge in [0.25, 0.3) is 0 Å². The molecule has 6 fully saturated rings. The number of hydrogen-bond acceptors (Lipinski definition) is 0. The van der Waals surface area contributed by atoms with Crippen molar-refractivity contribution in [2.75, 3.05) is 0 Å². The van der Waals surface area contributed by atoms with Crippen LogP contribution in [0.25, 0.3) is 0 Å². The molecule has 0 heteroatoms. The maximum Gasteiger partial charge on any atom is -0.0145 e.